The number of aromatic amines is 1. The lowest BCUT2D eigenvalue weighted by Crippen LogP contribution is -2.31. The molecule has 1 aromatic carbocycles. The van der Waals surface area contributed by atoms with Gasteiger partial charge in [-0.2, -0.15) is 0 Å². The van der Waals surface area contributed by atoms with Gasteiger partial charge in [0.1, 0.15) is 0 Å². The molecule has 2 amide bonds. The molecular formula is C13H13N3O2S. The molecule has 1 N–H and O–H groups in total. The zero-order chi connectivity index (χ0) is 13.2. The molecule has 0 aliphatic carbocycles. The summed E-state index contributed by atoms with van der Waals surface area (Å²) in [6.07, 6.45) is 0.711. The Labute approximate surface area is 114 Å². The largest absolute Gasteiger partial charge is 0.333 e. The van der Waals surface area contributed by atoms with Crippen molar-refractivity contribution in [2.24, 2.45) is 0 Å². The molecule has 98 valence electrons. The standard InChI is InChI=1S/C13H13N3O2S/c17-11-5-6-12(18)16(11)7-8-19-13-14-9-3-1-2-4-10(9)15-13/h1-4H,5-8H2,(H,14,15). The molecule has 1 aromatic heterocycles. The van der Waals surface area contributed by atoms with Crippen LogP contribution in [0.25, 0.3) is 11.0 Å². The van der Waals surface area contributed by atoms with Crippen LogP contribution in [0, 0.1) is 0 Å². The molecule has 1 fully saturated rings. The topological polar surface area (TPSA) is 66.1 Å². The first-order valence-electron chi connectivity index (χ1n) is 6.15. The SMILES string of the molecule is O=C1CCC(=O)N1CCSc1nc2ccccc2[nH]1. The number of para-hydroxylation sites is 2. The van der Waals surface area contributed by atoms with Gasteiger partial charge in [-0.15, -0.1) is 0 Å². The van der Waals surface area contributed by atoms with Gasteiger partial charge >= 0.3 is 0 Å². The highest BCUT2D eigenvalue weighted by Gasteiger charge is 2.28. The average molecular weight is 275 g/mol. The summed E-state index contributed by atoms with van der Waals surface area (Å²) in [5.74, 6) is 0.544. The van der Waals surface area contributed by atoms with E-state index in [0.29, 0.717) is 25.1 Å². The number of rotatable bonds is 4. The van der Waals surface area contributed by atoms with Crippen LogP contribution in [0.1, 0.15) is 12.8 Å². The van der Waals surface area contributed by atoms with Crippen LogP contribution in [0.5, 0.6) is 0 Å². The van der Waals surface area contributed by atoms with Crippen LogP contribution in [-0.4, -0.2) is 39.0 Å². The Balaban J connectivity index is 1.60. The lowest BCUT2D eigenvalue weighted by Gasteiger charge is -2.12. The van der Waals surface area contributed by atoms with Crippen LogP contribution < -0.4 is 0 Å². The molecule has 1 aliphatic rings. The number of nitrogens with one attached hydrogen (secondary N) is 1. The molecule has 5 nitrogen and oxygen atoms in total. The Kier molecular flexibility index (Phi) is 3.25. The molecule has 0 bridgehead atoms. The maximum Gasteiger partial charge on any atom is 0.229 e. The number of nitrogens with zero attached hydrogens (tertiary/aromatic N) is 2. The Bertz CT molecular complexity index is 589. The van der Waals surface area contributed by atoms with Crippen molar-refractivity contribution in [1.82, 2.24) is 14.9 Å². The highest BCUT2D eigenvalue weighted by atomic mass is 32.2. The van der Waals surface area contributed by atoms with Crippen LogP contribution in [0.3, 0.4) is 0 Å². The second-order valence-corrected chi connectivity index (χ2v) is 5.43. The third-order valence-electron chi connectivity index (χ3n) is 3.08. The summed E-state index contributed by atoms with van der Waals surface area (Å²) in [5, 5.41) is 0.820. The molecule has 1 saturated heterocycles. The van der Waals surface area contributed by atoms with E-state index >= 15 is 0 Å². The molecule has 0 spiro atoms. The molecule has 2 aromatic rings. The lowest BCUT2D eigenvalue weighted by atomic mass is 10.3. The normalized spacial score (nSPS) is 15.7. The summed E-state index contributed by atoms with van der Waals surface area (Å²) < 4.78 is 0. The molecule has 6 heteroatoms. The smallest absolute Gasteiger partial charge is 0.229 e. The van der Waals surface area contributed by atoms with Gasteiger partial charge in [0.05, 0.1) is 11.0 Å². The molecule has 0 atom stereocenters. The molecule has 1 aliphatic heterocycles. The monoisotopic (exact) mass is 275 g/mol. The Hall–Kier alpha value is -1.82. The van der Waals surface area contributed by atoms with Gasteiger partial charge in [-0.1, -0.05) is 23.9 Å². The minimum Gasteiger partial charge on any atom is -0.333 e. The second kappa shape index (κ2) is 5.05. The molecule has 0 radical (unpaired) electrons. The van der Waals surface area contributed by atoms with E-state index < -0.39 is 0 Å². The van der Waals surface area contributed by atoms with Crippen LogP contribution in [0.2, 0.25) is 0 Å². The van der Waals surface area contributed by atoms with E-state index in [4.69, 9.17) is 0 Å². The van der Waals surface area contributed by atoms with E-state index in [2.05, 4.69) is 9.97 Å². The number of imidazole rings is 1. The summed E-state index contributed by atoms with van der Waals surface area (Å²) >= 11 is 1.52. The summed E-state index contributed by atoms with van der Waals surface area (Å²) in [6.45, 7) is 0.458. The summed E-state index contributed by atoms with van der Waals surface area (Å²) in [7, 11) is 0. The van der Waals surface area contributed by atoms with Crippen LogP contribution in [0.15, 0.2) is 29.4 Å². The number of amides is 2. The Morgan fingerprint density at radius 1 is 1.21 bits per heavy atom. The van der Waals surface area contributed by atoms with Gasteiger partial charge in [-0.3, -0.25) is 14.5 Å². The minimum atomic E-state index is -0.0600. The zero-order valence-electron chi connectivity index (χ0n) is 10.3. The van der Waals surface area contributed by atoms with Gasteiger partial charge in [-0.25, -0.2) is 4.98 Å². The van der Waals surface area contributed by atoms with Crippen molar-refractivity contribution in [1.29, 1.82) is 0 Å². The summed E-state index contributed by atoms with van der Waals surface area (Å²) in [5.41, 5.74) is 1.93. The fourth-order valence-corrected chi connectivity index (χ4v) is 2.92. The minimum absolute atomic E-state index is 0.0600. The number of H-pyrrole nitrogens is 1. The zero-order valence-corrected chi connectivity index (χ0v) is 11.1. The van der Waals surface area contributed by atoms with Gasteiger partial charge in [0.25, 0.3) is 0 Å². The first-order chi connectivity index (χ1) is 9.24. The maximum atomic E-state index is 11.4. The van der Waals surface area contributed by atoms with Crippen LogP contribution in [-0.2, 0) is 9.59 Å². The number of thioether (sulfide) groups is 1. The van der Waals surface area contributed by atoms with E-state index in [0.717, 1.165) is 16.2 Å². The van der Waals surface area contributed by atoms with E-state index in [1.54, 1.807) is 0 Å². The quantitative estimate of drug-likeness (QED) is 0.682. The molecule has 2 heterocycles. The van der Waals surface area contributed by atoms with E-state index in [-0.39, 0.29) is 11.8 Å². The summed E-state index contributed by atoms with van der Waals surface area (Å²) in [4.78, 5) is 31.9. The lowest BCUT2D eigenvalue weighted by molar-refractivity contribution is -0.137. The van der Waals surface area contributed by atoms with Crippen molar-refractivity contribution < 1.29 is 9.59 Å². The van der Waals surface area contributed by atoms with Crippen molar-refractivity contribution in [2.45, 2.75) is 18.0 Å². The number of carbonyl (C=O) groups excluding carboxylic acids is 2. The number of carbonyl (C=O) groups is 2. The van der Waals surface area contributed by atoms with Gasteiger partial charge in [0.15, 0.2) is 5.16 Å². The Morgan fingerprint density at radius 2 is 1.95 bits per heavy atom. The third-order valence-corrected chi connectivity index (χ3v) is 3.93. The van der Waals surface area contributed by atoms with Gasteiger partial charge in [0, 0.05) is 25.1 Å². The van der Waals surface area contributed by atoms with Crippen LogP contribution in [0.4, 0.5) is 0 Å². The van der Waals surface area contributed by atoms with E-state index in [1.807, 2.05) is 24.3 Å². The molecule has 0 saturated carbocycles. The number of hydrogen-bond donors (Lipinski definition) is 1. The van der Waals surface area contributed by atoms with Crippen molar-refractivity contribution >= 4 is 34.6 Å². The number of fused-ring (bicyclic) bond motifs is 1. The fraction of sp³-hybridized carbons (Fsp3) is 0.308. The van der Waals surface area contributed by atoms with Crippen molar-refractivity contribution in [2.75, 3.05) is 12.3 Å². The predicted octanol–water partition coefficient (Wildman–Crippen LogP) is 1.80. The fourth-order valence-electron chi connectivity index (χ4n) is 2.10. The number of imide groups is 1. The second-order valence-electron chi connectivity index (χ2n) is 4.35. The predicted molar refractivity (Wildman–Crippen MR) is 72.8 cm³/mol. The average Bonchev–Trinajstić information content (AvgIpc) is 2.95. The molecule has 3 rings (SSSR count). The van der Waals surface area contributed by atoms with Gasteiger partial charge < -0.3 is 4.98 Å². The van der Waals surface area contributed by atoms with Crippen molar-refractivity contribution in [3.63, 3.8) is 0 Å². The number of aromatic nitrogens is 2. The highest BCUT2D eigenvalue weighted by Crippen LogP contribution is 2.20. The van der Waals surface area contributed by atoms with Crippen LogP contribution >= 0.6 is 11.8 Å². The van der Waals surface area contributed by atoms with Gasteiger partial charge in [0.2, 0.25) is 11.8 Å². The first kappa shape index (κ1) is 12.2. The third kappa shape index (κ3) is 2.49. The molecular weight excluding hydrogens is 262 g/mol. The van der Waals surface area contributed by atoms with E-state index in [9.17, 15) is 9.59 Å². The molecule has 19 heavy (non-hydrogen) atoms. The Morgan fingerprint density at radius 3 is 2.68 bits per heavy atom. The van der Waals surface area contributed by atoms with Crippen molar-refractivity contribution in [3.05, 3.63) is 24.3 Å². The number of benzene rings is 1. The highest BCUT2D eigenvalue weighted by molar-refractivity contribution is 7.99. The number of hydrogen-bond acceptors (Lipinski definition) is 4. The van der Waals surface area contributed by atoms with Crippen molar-refractivity contribution in [3.8, 4) is 0 Å². The van der Waals surface area contributed by atoms with Gasteiger partial charge in [-0.05, 0) is 12.1 Å². The molecule has 0 unspecified atom stereocenters. The van der Waals surface area contributed by atoms with E-state index in [1.165, 1.54) is 16.7 Å². The number of likely N-dealkylation sites (tertiary alicyclic amines) is 1. The first-order valence-corrected chi connectivity index (χ1v) is 7.13. The maximum absolute atomic E-state index is 11.4. The summed E-state index contributed by atoms with van der Waals surface area (Å²) in [6, 6.07) is 7.82.